The molecule has 0 amide bonds. The van der Waals surface area contributed by atoms with Crippen LogP contribution in [-0.4, -0.2) is 64.0 Å². The third-order valence-corrected chi connectivity index (χ3v) is 5.43. The van der Waals surface area contributed by atoms with Gasteiger partial charge in [-0.1, -0.05) is 36.4 Å². The molecule has 0 aromatic heterocycles. The maximum atomic E-state index is 11.3. The number of rotatable bonds is 12. The Morgan fingerprint density at radius 2 is 1.48 bits per heavy atom. The normalized spacial score (nSPS) is 14.2. The Morgan fingerprint density at radius 1 is 0.903 bits per heavy atom. The lowest BCUT2D eigenvalue weighted by Crippen LogP contribution is -2.38. The van der Waals surface area contributed by atoms with Crippen LogP contribution >= 0.6 is 0 Å². The van der Waals surface area contributed by atoms with Crippen molar-refractivity contribution in [3.05, 3.63) is 59.7 Å². The molecule has 6 nitrogen and oxygen atoms in total. The van der Waals surface area contributed by atoms with Gasteiger partial charge in [0.15, 0.2) is 6.61 Å². The number of methoxy groups -OCH3 is 1. The molecule has 1 fully saturated rings. The van der Waals surface area contributed by atoms with Gasteiger partial charge in [-0.2, -0.15) is 0 Å². The summed E-state index contributed by atoms with van der Waals surface area (Å²) < 4.78 is 21.8. The lowest BCUT2D eigenvalue weighted by molar-refractivity contribution is -0.142. The molecule has 0 N–H and O–H groups in total. The van der Waals surface area contributed by atoms with Crippen LogP contribution in [0.25, 0.3) is 0 Å². The van der Waals surface area contributed by atoms with Gasteiger partial charge >= 0.3 is 5.97 Å². The van der Waals surface area contributed by atoms with Gasteiger partial charge in [-0.05, 0) is 48.9 Å². The van der Waals surface area contributed by atoms with Gasteiger partial charge in [0.25, 0.3) is 0 Å². The molecular formula is C25H33NO5. The molecule has 3 rings (SSSR count). The van der Waals surface area contributed by atoms with Gasteiger partial charge in [-0.25, -0.2) is 4.79 Å². The fourth-order valence-corrected chi connectivity index (χ4v) is 3.64. The van der Waals surface area contributed by atoms with Crippen molar-refractivity contribution >= 4 is 5.97 Å². The molecule has 168 valence electrons. The van der Waals surface area contributed by atoms with Gasteiger partial charge in [-0.15, -0.1) is 0 Å². The predicted octanol–water partition coefficient (Wildman–Crippen LogP) is 3.51. The van der Waals surface area contributed by atoms with E-state index in [2.05, 4.69) is 33.9 Å². The summed E-state index contributed by atoms with van der Waals surface area (Å²) in [5, 5.41) is 0. The summed E-state index contributed by atoms with van der Waals surface area (Å²) in [6.45, 7) is 5.15. The first kappa shape index (κ1) is 23.1. The molecule has 2 aromatic rings. The summed E-state index contributed by atoms with van der Waals surface area (Å²) in [6, 6.07) is 16.2. The molecule has 0 saturated carbocycles. The van der Waals surface area contributed by atoms with Crippen molar-refractivity contribution in [3.8, 4) is 11.5 Å². The van der Waals surface area contributed by atoms with Gasteiger partial charge in [0.2, 0.25) is 0 Å². The molecule has 6 heteroatoms. The number of nitrogens with zero attached hydrogens (tertiary/aromatic N) is 1. The number of hydrogen-bond donors (Lipinski definition) is 0. The van der Waals surface area contributed by atoms with E-state index in [4.69, 9.17) is 14.2 Å². The van der Waals surface area contributed by atoms with Crippen molar-refractivity contribution in [2.24, 2.45) is 0 Å². The Labute approximate surface area is 185 Å². The summed E-state index contributed by atoms with van der Waals surface area (Å²) >= 11 is 0. The largest absolute Gasteiger partial charge is 0.492 e. The minimum atomic E-state index is -0.375. The standard InChI is InChI=1S/C25H33NO5/c1-28-25(27)20-31-24-13-7-5-11-22(24)9-3-2-8-21-10-4-6-12-23(21)30-19-16-26-14-17-29-18-15-26/h4-7,10-13H,2-3,8-9,14-20H2,1H3. The van der Waals surface area contributed by atoms with Crippen LogP contribution in [0.4, 0.5) is 0 Å². The van der Waals surface area contributed by atoms with Crippen LogP contribution in [0.2, 0.25) is 0 Å². The average molecular weight is 428 g/mol. The number of morpholine rings is 1. The molecule has 0 atom stereocenters. The fraction of sp³-hybridized carbons (Fsp3) is 0.480. The van der Waals surface area contributed by atoms with Crippen molar-refractivity contribution in [3.63, 3.8) is 0 Å². The quantitative estimate of drug-likeness (QED) is 0.382. The summed E-state index contributed by atoms with van der Waals surface area (Å²) in [5.41, 5.74) is 2.36. The minimum Gasteiger partial charge on any atom is -0.492 e. The number of carbonyl (C=O) groups is 1. The molecule has 2 aromatic carbocycles. The number of carbonyl (C=O) groups excluding carboxylic acids is 1. The lowest BCUT2D eigenvalue weighted by atomic mass is 10.0. The topological polar surface area (TPSA) is 57.2 Å². The SMILES string of the molecule is COC(=O)COc1ccccc1CCCCc1ccccc1OCCN1CCOCC1. The first-order valence-electron chi connectivity index (χ1n) is 11.0. The Balaban J connectivity index is 1.43. The van der Waals surface area contributed by atoms with Crippen LogP contribution in [0.5, 0.6) is 11.5 Å². The summed E-state index contributed by atoms with van der Waals surface area (Å²) in [4.78, 5) is 13.7. The second-order valence-corrected chi connectivity index (χ2v) is 7.59. The third-order valence-electron chi connectivity index (χ3n) is 5.43. The van der Waals surface area contributed by atoms with Crippen molar-refractivity contribution in [1.82, 2.24) is 4.90 Å². The van der Waals surface area contributed by atoms with E-state index in [1.54, 1.807) is 0 Å². The number of hydrogen-bond acceptors (Lipinski definition) is 6. The molecule has 1 aliphatic rings. The van der Waals surface area contributed by atoms with E-state index in [1.165, 1.54) is 12.7 Å². The van der Waals surface area contributed by atoms with Crippen LogP contribution in [0, 0.1) is 0 Å². The molecule has 0 radical (unpaired) electrons. The van der Waals surface area contributed by atoms with E-state index < -0.39 is 0 Å². The number of benzene rings is 2. The summed E-state index contributed by atoms with van der Waals surface area (Å²) in [7, 11) is 1.36. The third kappa shape index (κ3) is 7.89. The summed E-state index contributed by atoms with van der Waals surface area (Å²) in [5.74, 6) is 1.36. The van der Waals surface area contributed by atoms with Gasteiger partial charge in [0, 0.05) is 19.6 Å². The van der Waals surface area contributed by atoms with Crippen LogP contribution in [0.1, 0.15) is 24.0 Å². The monoisotopic (exact) mass is 427 g/mol. The predicted molar refractivity (Wildman–Crippen MR) is 120 cm³/mol. The Bertz CT molecular complexity index is 804. The van der Waals surface area contributed by atoms with Crippen LogP contribution in [0.3, 0.4) is 0 Å². The summed E-state index contributed by atoms with van der Waals surface area (Å²) in [6.07, 6.45) is 3.95. The van der Waals surface area contributed by atoms with Gasteiger partial charge in [-0.3, -0.25) is 4.90 Å². The van der Waals surface area contributed by atoms with Gasteiger partial charge in [0.1, 0.15) is 18.1 Å². The molecular weight excluding hydrogens is 394 g/mol. The average Bonchev–Trinajstić information content (AvgIpc) is 2.82. The van der Waals surface area contributed by atoms with E-state index in [-0.39, 0.29) is 12.6 Å². The number of ether oxygens (including phenoxy) is 4. The second kappa shape index (κ2) is 13.0. The number of aryl methyl sites for hydroxylation is 2. The van der Waals surface area contributed by atoms with Crippen molar-refractivity contribution < 1.29 is 23.7 Å². The Morgan fingerprint density at radius 3 is 2.10 bits per heavy atom. The first-order chi connectivity index (χ1) is 15.3. The molecule has 1 aliphatic heterocycles. The fourth-order valence-electron chi connectivity index (χ4n) is 3.64. The highest BCUT2D eigenvalue weighted by Gasteiger charge is 2.11. The number of para-hydroxylation sites is 2. The van der Waals surface area contributed by atoms with Crippen molar-refractivity contribution in [2.75, 3.05) is 53.2 Å². The van der Waals surface area contributed by atoms with E-state index >= 15 is 0 Å². The highest BCUT2D eigenvalue weighted by molar-refractivity contribution is 5.70. The van der Waals surface area contributed by atoms with Gasteiger partial charge < -0.3 is 18.9 Å². The van der Waals surface area contributed by atoms with Crippen LogP contribution in [0.15, 0.2) is 48.5 Å². The molecule has 1 saturated heterocycles. The maximum absolute atomic E-state index is 11.3. The van der Waals surface area contributed by atoms with Crippen molar-refractivity contribution in [2.45, 2.75) is 25.7 Å². The van der Waals surface area contributed by atoms with Crippen LogP contribution < -0.4 is 9.47 Å². The minimum absolute atomic E-state index is 0.0668. The van der Waals surface area contributed by atoms with E-state index in [9.17, 15) is 4.79 Å². The van der Waals surface area contributed by atoms with E-state index in [1.807, 2.05) is 24.3 Å². The zero-order chi connectivity index (χ0) is 21.7. The number of unbranched alkanes of at least 4 members (excludes halogenated alkanes) is 1. The van der Waals surface area contributed by atoms with Crippen molar-refractivity contribution in [1.29, 1.82) is 0 Å². The Hall–Kier alpha value is -2.57. The van der Waals surface area contributed by atoms with Crippen LogP contribution in [-0.2, 0) is 27.1 Å². The zero-order valence-corrected chi connectivity index (χ0v) is 18.4. The van der Waals surface area contributed by atoms with E-state index in [0.29, 0.717) is 6.61 Å². The molecule has 31 heavy (non-hydrogen) atoms. The van der Waals surface area contributed by atoms with E-state index in [0.717, 1.165) is 75.6 Å². The Kier molecular flexibility index (Phi) is 9.67. The second-order valence-electron chi connectivity index (χ2n) is 7.59. The highest BCUT2D eigenvalue weighted by atomic mass is 16.6. The molecule has 0 bridgehead atoms. The smallest absolute Gasteiger partial charge is 0.343 e. The molecule has 0 unspecified atom stereocenters. The molecule has 0 spiro atoms. The molecule has 1 heterocycles. The number of esters is 1. The highest BCUT2D eigenvalue weighted by Crippen LogP contribution is 2.23. The van der Waals surface area contributed by atoms with Gasteiger partial charge in [0.05, 0.1) is 20.3 Å². The zero-order valence-electron chi connectivity index (χ0n) is 18.4. The maximum Gasteiger partial charge on any atom is 0.343 e. The lowest BCUT2D eigenvalue weighted by Gasteiger charge is -2.26. The first-order valence-corrected chi connectivity index (χ1v) is 11.0. The molecule has 0 aliphatic carbocycles.